The fraction of sp³-hybridized carbons (Fsp3) is 0.317. The van der Waals surface area contributed by atoms with Crippen molar-refractivity contribution in [2.75, 3.05) is 13.2 Å². The van der Waals surface area contributed by atoms with Crippen LogP contribution in [0.25, 0.3) is 0 Å². The van der Waals surface area contributed by atoms with Crippen LogP contribution in [0.2, 0.25) is 0 Å². The molecule has 0 radical (unpaired) electrons. The number of nitrogens with one attached hydrogen (secondary N) is 1. The summed E-state index contributed by atoms with van der Waals surface area (Å²) in [5.74, 6) is -0.317. The Morgan fingerprint density at radius 1 is 0.360 bits per heavy atom. The minimum absolute atomic E-state index is 0.0978. The quantitative estimate of drug-likeness (QED) is 0.0558. The number of ether oxygens (including phenoxy) is 10. The third-order valence-electron chi connectivity index (χ3n) is 13.1. The first kappa shape index (κ1) is 53.4. The molecule has 75 heavy (non-hydrogen) atoms. The molecular formula is C63H67NO11. The highest BCUT2D eigenvalue weighted by Gasteiger charge is 2.54. The van der Waals surface area contributed by atoms with Crippen LogP contribution in [-0.2, 0) is 98.4 Å². The Morgan fingerprint density at radius 3 is 1.01 bits per heavy atom. The zero-order valence-corrected chi connectivity index (χ0v) is 42.3. The summed E-state index contributed by atoms with van der Waals surface area (Å²) < 4.78 is 69.5. The standard InChI is InChI=1S/C63H67NO11/c1-46(65)64-56-59(70-41-51-31-17-6-18-32-51)57(68-39-49-27-13-4-14-28-49)54(44-66-37-47-23-9-2-10-24-47)73-62(56)75-60-58(69-40-50-29-15-5-16-30-50)55(45-67-38-48-25-11-3-12-26-48)74-63(72-43-53-35-21-8-22-36-53)61(60)71-42-52-33-19-7-20-34-52/h2-36,54-63H,37-45H2,1H3,(H,64,65)/t54-,55-,56-,57-,58-,59-,60+,61-,62-,63-/m1/s1. The van der Waals surface area contributed by atoms with Gasteiger partial charge < -0.3 is 52.7 Å². The van der Waals surface area contributed by atoms with Crippen LogP contribution in [0.5, 0.6) is 0 Å². The van der Waals surface area contributed by atoms with Gasteiger partial charge in [0.1, 0.15) is 48.8 Å². The molecular weight excluding hydrogens is 947 g/mol. The molecule has 0 bridgehead atoms. The molecule has 12 heteroatoms. The third-order valence-corrected chi connectivity index (χ3v) is 13.1. The molecule has 0 aromatic heterocycles. The molecule has 2 saturated heterocycles. The summed E-state index contributed by atoms with van der Waals surface area (Å²) in [6.07, 6.45) is -8.03. The van der Waals surface area contributed by atoms with Gasteiger partial charge in [0.05, 0.1) is 59.5 Å². The average Bonchev–Trinajstić information content (AvgIpc) is 3.46. The molecule has 0 aliphatic carbocycles. The molecule has 7 aromatic rings. The van der Waals surface area contributed by atoms with Gasteiger partial charge in [-0.2, -0.15) is 0 Å². The number of carbonyl (C=O) groups excluding carboxylic acids is 1. The molecule has 0 unspecified atom stereocenters. The smallest absolute Gasteiger partial charge is 0.217 e. The molecule has 2 aliphatic rings. The van der Waals surface area contributed by atoms with Crippen molar-refractivity contribution in [2.45, 2.75) is 115 Å². The van der Waals surface area contributed by atoms with E-state index in [1.807, 2.05) is 212 Å². The van der Waals surface area contributed by atoms with Crippen molar-refractivity contribution in [1.29, 1.82) is 0 Å². The predicted molar refractivity (Wildman–Crippen MR) is 283 cm³/mol. The SMILES string of the molecule is CC(=O)N[C@H]1[C@@H](O[C@@H]2[C@@H](OCc3ccccc3)[C@H](OCc3ccccc3)O[C@H](COCc3ccccc3)[C@H]2OCc2ccccc2)O[C@H](COCc2ccccc2)[C@@H](OCc2ccccc2)[C@@H]1OCc1ccccc1. The molecule has 0 spiro atoms. The fourth-order valence-corrected chi connectivity index (χ4v) is 9.33. The summed E-state index contributed by atoms with van der Waals surface area (Å²) in [4.78, 5) is 13.6. The summed E-state index contributed by atoms with van der Waals surface area (Å²) in [6, 6.07) is 68.6. The topological polar surface area (TPSA) is 121 Å². The van der Waals surface area contributed by atoms with Crippen molar-refractivity contribution in [3.63, 3.8) is 0 Å². The van der Waals surface area contributed by atoms with E-state index >= 15 is 0 Å². The summed E-state index contributed by atoms with van der Waals surface area (Å²) in [5, 5.41) is 3.20. The number of amides is 1. The van der Waals surface area contributed by atoms with Crippen LogP contribution in [0.4, 0.5) is 0 Å². The lowest BCUT2D eigenvalue weighted by molar-refractivity contribution is -0.365. The molecule has 2 fully saturated rings. The second kappa shape index (κ2) is 28.5. The van der Waals surface area contributed by atoms with Crippen molar-refractivity contribution >= 4 is 5.91 Å². The number of rotatable bonds is 26. The van der Waals surface area contributed by atoms with Crippen molar-refractivity contribution in [2.24, 2.45) is 0 Å². The number of carbonyl (C=O) groups is 1. The van der Waals surface area contributed by atoms with Gasteiger partial charge in [-0.1, -0.05) is 212 Å². The molecule has 2 aliphatic heterocycles. The Bertz CT molecular complexity index is 2680. The molecule has 10 atom stereocenters. The molecule has 1 N–H and O–H groups in total. The van der Waals surface area contributed by atoms with Crippen LogP contribution >= 0.6 is 0 Å². The Hall–Kier alpha value is -6.39. The van der Waals surface area contributed by atoms with E-state index in [0.29, 0.717) is 13.2 Å². The van der Waals surface area contributed by atoms with E-state index in [2.05, 4.69) is 5.32 Å². The first-order chi connectivity index (χ1) is 37.0. The van der Waals surface area contributed by atoms with Crippen LogP contribution in [0.3, 0.4) is 0 Å². The second-order valence-electron chi connectivity index (χ2n) is 18.8. The van der Waals surface area contributed by atoms with Crippen LogP contribution in [0.15, 0.2) is 212 Å². The van der Waals surface area contributed by atoms with Gasteiger partial charge in [-0.3, -0.25) is 4.79 Å². The lowest BCUT2D eigenvalue weighted by Gasteiger charge is -2.50. The summed E-state index contributed by atoms with van der Waals surface area (Å²) in [7, 11) is 0. The van der Waals surface area contributed by atoms with Crippen LogP contribution in [0, 0.1) is 0 Å². The zero-order chi connectivity index (χ0) is 51.3. The van der Waals surface area contributed by atoms with Crippen LogP contribution in [0.1, 0.15) is 45.9 Å². The molecule has 7 aromatic carbocycles. The van der Waals surface area contributed by atoms with E-state index < -0.39 is 61.3 Å². The molecule has 0 saturated carbocycles. The Morgan fingerprint density at radius 2 is 0.653 bits per heavy atom. The Balaban J connectivity index is 1.12. The predicted octanol–water partition coefficient (Wildman–Crippen LogP) is 10.3. The highest BCUT2D eigenvalue weighted by molar-refractivity contribution is 5.73. The van der Waals surface area contributed by atoms with E-state index in [-0.39, 0.29) is 52.2 Å². The summed E-state index contributed by atoms with van der Waals surface area (Å²) in [5.41, 5.74) is 6.71. The highest BCUT2D eigenvalue weighted by Crippen LogP contribution is 2.36. The monoisotopic (exact) mass is 1010 g/mol. The van der Waals surface area contributed by atoms with Gasteiger partial charge in [-0.15, -0.1) is 0 Å². The minimum atomic E-state index is -1.19. The first-order valence-electron chi connectivity index (χ1n) is 25.8. The normalized spacial score (nSPS) is 23.6. The fourth-order valence-electron chi connectivity index (χ4n) is 9.33. The van der Waals surface area contributed by atoms with Gasteiger partial charge in [0.2, 0.25) is 5.91 Å². The van der Waals surface area contributed by atoms with Crippen LogP contribution in [-0.4, -0.2) is 80.5 Å². The maximum atomic E-state index is 13.6. The highest BCUT2D eigenvalue weighted by atomic mass is 16.8. The average molecular weight is 1010 g/mol. The molecule has 390 valence electrons. The van der Waals surface area contributed by atoms with Gasteiger partial charge >= 0.3 is 0 Å². The second-order valence-corrected chi connectivity index (χ2v) is 18.8. The largest absolute Gasteiger partial charge is 0.374 e. The Labute approximate surface area is 440 Å². The third kappa shape index (κ3) is 16.1. The van der Waals surface area contributed by atoms with Gasteiger partial charge in [-0.25, -0.2) is 0 Å². The Kier molecular flexibility index (Phi) is 20.3. The van der Waals surface area contributed by atoms with E-state index in [9.17, 15) is 4.79 Å². The number of benzene rings is 7. The van der Waals surface area contributed by atoms with E-state index in [1.165, 1.54) is 6.92 Å². The van der Waals surface area contributed by atoms with Crippen molar-refractivity contribution in [3.05, 3.63) is 251 Å². The summed E-state index contributed by atoms with van der Waals surface area (Å²) in [6.45, 7) is 3.38. The van der Waals surface area contributed by atoms with Gasteiger partial charge in [0.15, 0.2) is 12.6 Å². The molecule has 2 heterocycles. The number of hydrogen-bond donors (Lipinski definition) is 1. The van der Waals surface area contributed by atoms with Crippen LogP contribution < -0.4 is 5.32 Å². The molecule has 12 nitrogen and oxygen atoms in total. The van der Waals surface area contributed by atoms with Gasteiger partial charge in [-0.05, 0) is 38.9 Å². The van der Waals surface area contributed by atoms with Gasteiger partial charge in [0, 0.05) is 6.92 Å². The lowest BCUT2D eigenvalue weighted by Crippen LogP contribution is -2.69. The van der Waals surface area contributed by atoms with Crippen molar-refractivity contribution < 1.29 is 52.2 Å². The maximum absolute atomic E-state index is 13.6. The first-order valence-corrected chi connectivity index (χ1v) is 25.8. The molecule has 9 rings (SSSR count). The zero-order valence-electron chi connectivity index (χ0n) is 42.3. The lowest BCUT2D eigenvalue weighted by atomic mass is 9.94. The summed E-state index contributed by atoms with van der Waals surface area (Å²) >= 11 is 0. The van der Waals surface area contributed by atoms with E-state index in [4.69, 9.17) is 47.4 Å². The maximum Gasteiger partial charge on any atom is 0.217 e. The van der Waals surface area contributed by atoms with E-state index in [1.54, 1.807) is 0 Å². The van der Waals surface area contributed by atoms with Crippen molar-refractivity contribution in [1.82, 2.24) is 5.32 Å². The van der Waals surface area contributed by atoms with Crippen molar-refractivity contribution in [3.8, 4) is 0 Å². The van der Waals surface area contributed by atoms with Gasteiger partial charge in [0.25, 0.3) is 0 Å². The molecule has 1 amide bonds. The van der Waals surface area contributed by atoms with E-state index in [0.717, 1.165) is 38.9 Å². The minimum Gasteiger partial charge on any atom is -0.374 e. The number of hydrogen-bond acceptors (Lipinski definition) is 11.